The van der Waals surface area contributed by atoms with Gasteiger partial charge < -0.3 is 10.0 Å². The van der Waals surface area contributed by atoms with Crippen LogP contribution in [-0.4, -0.2) is 40.9 Å². The van der Waals surface area contributed by atoms with Gasteiger partial charge in [-0.1, -0.05) is 31.0 Å². The maximum Gasteiger partial charge on any atom is 0.231 e. The lowest BCUT2D eigenvalue weighted by Crippen LogP contribution is -2.47. The summed E-state index contributed by atoms with van der Waals surface area (Å²) in [5, 5.41) is 10.1. The van der Waals surface area contributed by atoms with E-state index in [9.17, 15) is 9.90 Å². The van der Waals surface area contributed by atoms with Crippen LogP contribution in [0.1, 0.15) is 37.2 Å². The molecule has 3 atom stereocenters. The van der Waals surface area contributed by atoms with Crippen LogP contribution in [0.25, 0.3) is 0 Å². The van der Waals surface area contributed by atoms with Gasteiger partial charge in [-0.05, 0) is 24.5 Å². The van der Waals surface area contributed by atoms with Crippen molar-refractivity contribution in [1.82, 2.24) is 4.90 Å². The van der Waals surface area contributed by atoms with Gasteiger partial charge in [0.2, 0.25) is 5.91 Å². The van der Waals surface area contributed by atoms with Gasteiger partial charge in [-0.25, -0.2) is 0 Å². The van der Waals surface area contributed by atoms with Gasteiger partial charge in [0.25, 0.3) is 0 Å². The van der Waals surface area contributed by atoms with E-state index >= 15 is 0 Å². The molecule has 1 aromatic carbocycles. The number of amides is 1. The lowest BCUT2D eigenvalue weighted by atomic mass is 9.90. The van der Waals surface area contributed by atoms with Gasteiger partial charge in [0.15, 0.2) is 0 Å². The topological polar surface area (TPSA) is 40.5 Å². The van der Waals surface area contributed by atoms with Crippen LogP contribution in [0.4, 0.5) is 0 Å². The molecule has 1 heterocycles. The fourth-order valence-electron chi connectivity index (χ4n) is 3.32. The zero-order valence-electron chi connectivity index (χ0n) is 11.8. The molecular formula is C16H21NO2S. The predicted octanol–water partition coefficient (Wildman–Crippen LogP) is 2.64. The summed E-state index contributed by atoms with van der Waals surface area (Å²) in [6.45, 7) is 0. The SMILES string of the molecule is CN(C(=O)C1CSc2ccccc21)C1CCCCC1O. The second-order valence-corrected chi connectivity index (χ2v) is 6.83. The quantitative estimate of drug-likeness (QED) is 0.910. The number of nitrogens with zero attached hydrogens (tertiary/aromatic N) is 1. The third-order valence-corrected chi connectivity index (χ3v) is 5.72. The molecule has 1 fully saturated rings. The highest BCUT2D eigenvalue weighted by Gasteiger charge is 2.36. The average molecular weight is 291 g/mol. The van der Waals surface area contributed by atoms with Crippen molar-refractivity contribution in [3.8, 4) is 0 Å². The number of benzene rings is 1. The highest BCUT2D eigenvalue weighted by molar-refractivity contribution is 7.99. The molecule has 0 aromatic heterocycles. The Bertz CT molecular complexity index is 505. The van der Waals surface area contributed by atoms with E-state index in [1.165, 1.54) is 4.90 Å². The minimum atomic E-state index is -0.359. The molecule has 3 unspecified atom stereocenters. The largest absolute Gasteiger partial charge is 0.391 e. The van der Waals surface area contributed by atoms with Crippen molar-refractivity contribution in [2.24, 2.45) is 0 Å². The Balaban J connectivity index is 1.76. The number of fused-ring (bicyclic) bond motifs is 1. The Morgan fingerprint density at radius 1 is 1.30 bits per heavy atom. The maximum absolute atomic E-state index is 12.8. The van der Waals surface area contributed by atoms with Crippen LogP contribution < -0.4 is 0 Å². The molecule has 1 aromatic rings. The highest BCUT2D eigenvalue weighted by Crippen LogP contribution is 2.40. The van der Waals surface area contributed by atoms with Crippen molar-refractivity contribution < 1.29 is 9.90 Å². The molecule has 108 valence electrons. The highest BCUT2D eigenvalue weighted by atomic mass is 32.2. The molecule has 1 aliphatic heterocycles. The number of carbonyl (C=O) groups is 1. The van der Waals surface area contributed by atoms with Crippen molar-refractivity contribution in [3.05, 3.63) is 29.8 Å². The lowest BCUT2D eigenvalue weighted by molar-refractivity contribution is -0.136. The molecule has 20 heavy (non-hydrogen) atoms. The number of hydrogen-bond donors (Lipinski definition) is 1. The summed E-state index contributed by atoms with van der Waals surface area (Å²) < 4.78 is 0. The first-order valence-corrected chi connectivity index (χ1v) is 8.33. The Morgan fingerprint density at radius 2 is 2.05 bits per heavy atom. The van der Waals surface area contributed by atoms with Gasteiger partial charge in [-0.2, -0.15) is 0 Å². The minimum Gasteiger partial charge on any atom is -0.391 e. The van der Waals surface area contributed by atoms with Gasteiger partial charge in [0.05, 0.1) is 18.1 Å². The van der Waals surface area contributed by atoms with Crippen molar-refractivity contribution in [2.75, 3.05) is 12.8 Å². The van der Waals surface area contributed by atoms with E-state index in [0.717, 1.165) is 37.0 Å². The van der Waals surface area contributed by atoms with E-state index in [2.05, 4.69) is 12.1 Å². The Morgan fingerprint density at radius 3 is 2.85 bits per heavy atom. The summed E-state index contributed by atoms with van der Waals surface area (Å²) in [7, 11) is 1.85. The summed E-state index contributed by atoms with van der Waals surface area (Å²) >= 11 is 1.76. The summed E-state index contributed by atoms with van der Waals surface area (Å²) in [5.74, 6) is 0.939. The zero-order chi connectivity index (χ0) is 14.1. The third kappa shape index (κ3) is 2.47. The second-order valence-electron chi connectivity index (χ2n) is 5.77. The number of carbonyl (C=O) groups excluding carboxylic acids is 1. The summed E-state index contributed by atoms with van der Waals surface area (Å²) in [6, 6.07) is 8.16. The number of aliphatic hydroxyl groups is 1. The number of thioether (sulfide) groups is 1. The summed E-state index contributed by atoms with van der Waals surface area (Å²) in [6.07, 6.45) is 3.56. The monoisotopic (exact) mass is 291 g/mol. The molecular weight excluding hydrogens is 270 g/mol. The van der Waals surface area contributed by atoms with E-state index in [-0.39, 0.29) is 24.0 Å². The van der Waals surface area contributed by atoms with E-state index in [1.54, 1.807) is 16.7 Å². The Hall–Kier alpha value is -1.00. The Kier molecular flexibility index (Phi) is 4.03. The molecule has 0 saturated heterocycles. The van der Waals surface area contributed by atoms with Crippen LogP contribution in [0.2, 0.25) is 0 Å². The normalized spacial score (nSPS) is 29.0. The molecule has 4 heteroatoms. The zero-order valence-corrected chi connectivity index (χ0v) is 12.6. The van der Waals surface area contributed by atoms with E-state index in [0.29, 0.717) is 0 Å². The molecule has 0 bridgehead atoms. The summed E-state index contributed by atoms with van der Waals surface area (Å²) in [5.41, 5.74) is 1.15. The maximum atomic E-state index is 12.8. The fraction of sp³-hybridized carbons (Fsp3) is 0.562. The van der Waals surface area contributed by atoms with Crippen LogP contribution >= 0.6 is 11.8 Å². The van der Waals surface area contributed by atoms with Gasteiger partial charge in [-0.15, -0.1) is 11.8 Å². The minimum absolute atomic E-state index is 0.00554. The van der Waals surface area contributed by atoms with Gasteiger partial charge in [0.1, 0.15) is 0 Å². The fourth-order valence-corrected chi connectivity index (χ4v) is 4.54. The van der Waals surface area contributed by atoms with Crippen LogP contribution in [-0.2, 0) is 4.79 Å². The van der Waals surface area contributed by atoms with Crippen LogP contribution in [0.3, 0.4) is 0 Å². The van der Waals surface area contributed by atoms with Crippen molar-refractivity contribution in [3.63, 3.8) is 0 Å². The molecule has 2 aliphatic rings. The van der Waals surface area contributed by atoms with E-state index in [1.807, 2.05) is 19.2 Å². The smallest absolute Gasteiger partial charge is 0.231 e. The van der Waals surface area contributed by atoms with Crippen LogP contribution in [0.15, 0.2) is 29.2 Å². The second kappa shape index (κ2) is 5.78. The number of likely N-dealkylation sites (N-methyl/N-ethyl adjacent to an activating group) is 1. The molecule has 1 aliphatic carbocycles. The van der Waals surface area contributed by atoms with E-state index in [4.69, 9.17) is 0 Å². The standard InChI is InChI=1S/C16H21NO2S/c1-17(13-7-3-4-8-14(13)18)16(19)12-10-20-15-9-5-2-6-11(12)15/h2,5-6,9,12-14,18H,3-4,7-8,10H2,1H3. The Labute approximate surface area is 124 Å². The molecule has 0 radical (unpaired) electrons. The summed E-state index contributed by atoms with van der Waals surface area (Å²) in [4.78, 5) is 15.8. The third-order valence-electron chi connectivity index (χ3n) is 4.54. The number of hydrogen-bond acceptors (Lipinski definition) is 3. The van der Waals surface area contributed by atoms with Crippen LogP contribution in [0, 0.1) is 0 Å². The van der Waals surface area contributed by atoms with Gasteiger partial charge in [-0.3, -0.25) is 4.79 Å². The van der Waals surface area contributed by atoms with Crippen molar-refractivity contribution in [2.45, 2.75) is 48.6 Å². The molecule has 1 N–H and O–H groups in total. The first-order chi connectivity index (χ1) is 9.68. The lowest BCUT2D eigenvalue weighted by Gasteiger charge is -2.36. The van der Waals surface area contributed by atoms with E-state index < -0.39 is 0 Å². The van der Waals surface area contributed by atoms with Gasteiger partial charge >= 0.3 is 0 Å². The van der Waals surface area contributed by atoms with Crippen molar-refractivity contribution >= 4 is 17.7 Å². The predicted molar refractivity (Wildman–Crippen MR) is 80.9 cm³/mol. The average Bonchev–Trinajstić information content (AvgIpc) is 2.90. The van der Waals surface area contributed by atoms with Gasteiger partial charge in [0, 0.05) is 17.7 Å². The van der Waals surface area contributed by atoms with Crippen LogP contribution in [0.5, 0.6) is 0 Å². The molecule has 3 rings (SSSR count). The molecule has 3 nitrogen and oxygen atoms in total. The number of rotatable bonds is 2. The molecule has 1 amide bonds. The molecule has 1 saturated carbocycles. The van der Waals surface area contributed by atoms with Crippen molar-refractivity contribution in [1.29, 1.82) is 0 Å². The first kappa shape index (κ1) is 14.0. The first-order valence-electron chi connectivity index (χ1n) is 7.35. The molecule has 0 spiro atoms. The number of aliphatic hydroxyl groups excluding tert-OH is 1.